The smallest absolute Gasteiger partial charge is 0.0426 e. The molecule has 0 unspecified atom stereocenters. The minimum Gasteiger partial charge on any atom is -0.398 e. The molecule has 0 fully saturated rings. The van der Waals surface area contributed by atoms with Gasteiger partial charge in [0, 0.05) is 22.8 Å². The van der Waals surface area contributed by atoms with Crippen LogP contribution in [0.1, 0.15) is 5.56 Å². The number of hydrogen-bond donors (Lipinski definition) is 2. The summed E-state index contributed by atoms with van der Waals surface area (Å²) < 4.78 is 0. The second kappa shape index (κ2) is 5.92. The topological polar surface area (TPSA) is 52.0 Å². The van der Waals surface area contributed by atoms with Crippen molar-refractivity contribution in [1.82, 2.24) is 0 Å². The molecule has 0 aromatic heterocycles. The molecule has 4 heteroatoms. The molecule has 0 saturated heterocycles. The Kier molecular flexibility index (Phi) is 4.82. The van der Waals surface area contributed by atoms with Crippen LogP contribution in [0, 0.1) is 0 Å². The van der Waals surface area contributed by atoms with Gasteiger partial charge in [0.2, 0.25) is 0 Å². The second-order valence-corrected chi connectivity index (χ2v) is 4.07. The van der Waals surface area contributed by atoms with E-state index in [-0.39, 0.29) is 12.4 Å². The van der Waals surface area contributed by atoms with Crippen LogP contribution in [0.3, 0.4) is 0 Å². The van der Waals surface area contributed by atoms with Crippen molar-refractivity contribution in [3.63, 3.8) is 0 Å². The molecule has 0 aliphatic carbocycles. The lowest BCUT2D eigenvalue weighted by molar-refractivity contribution is 1.07. The molecule has 0 bridgehead atoms. The van der Waals surface area contributed by atoms with Gasteiger partial charge >= 0.3 is 0 Å². The average Bonchev–Trinajstić information content (AvgIpc) is 2.29. The fourth-order valence-electron chi connectivity index (χ4n) is 1.62. The summed E-state index contributed by atoms with van der Waals surface area (Å²) in [6.07, 6.45) is 0. The number of rotatable bonds is 2. The number of benzene rings is 2. The highest BCUT2D eigenvalue weighted by molar-refractivity contribution is 6.31. The molecule has 2 aromatic rings. The molecule has 0 atom stereocenters. The first-order valence-electron chi connectivity index (χ1n) is 5.05. The average molecular weight is 269 g/mol. The van der Waals surface area contributed by atoms with Crippen LogP contribution in [0.15, 0.2) is 42.5 Å². The van der Waals surface area contributed by atoms with Crippen LogP contribution in [0.25, 0.3) is 11.1 Å². The van der Waals surface area contributed by atoms with Crippen molar-refractivity contribution >= 4 is 29.7 Å². The molecule has 17 heavy (non-hydrogen) atoms. The first-order valence-corrected chi connectivity index (χ1v) is 5.43. The fourth-order valence-corrected chi connectivity index (χ4v) is 1.80. The van der Waals surface area contributed by atoms with Gasteiger partial charge in [-0.05, 0) is 23.3 Å². The molecule has 2 nitrogen and oxygen atoms in total. The van der Waals surface area contributed by atoms with E-state index in [1.165, 1.54) is 0 Å². The maximum Gasteiger partial charge on any atom is 0.0426 e. The van der Waals surface area contributed by atoms with Crippen molar-refractivity contribution in [3.8, 4) is 11.1 Å². The third-order valence-electron chi connectivity index (χ3n) is 2.51. The van der Waals surface area contributed by atoms with E-state index < -0.39 is 0 Å². The van der Waals surface area contributed by atoms with Gasteiger partial charge in [0.25, 0.3) is 0 Å². The van der Waals surface area contributed by atoms with Crippen LogP contribution in [0.2, 0.25) is 5.02 Å². The molecular weight excluding hydrogens is 255 g/mol. The van der Waals surface area contributed by atoms with Crippen molar-refractivity contribution in [1.29, 1.82) is 0 Å². The van der Waals surface area contributed by atoms with Crippen LogP contribution in [0.5, 0.6) is 0 Å². The maximum atomic E-state index is 5.91. The molecule has 0 aliphatic heterocycles. The first kappa shape index (κ1) is 13.8. The predicted octanol–water partition coefficient (Wildman–Crippen LogP) is 3.47. The molecule has 0 radical (unpaired) electrons. The molecule has 0 saturated carbocycles. The largest absolute Gasteiger partial charge is 0.398 e. The quantitative estimate of drug-likeness (QED) is 0.820. The first-order chi connectivity index (χ1) is 7.70. The van der Waals surface area contributed by atoms with Crippen molar-refractivity contribution in [3.05, 3.63) is 53.1 Å². The summed E-state index contributed by atoms with van der Waals surface area (Å²) in [5, 5.41) is 0.653. The Morgan fingerprint density at radius 2 is 1.65 bits per heavy atom. The minimum atomic E-state index is 0. The zero-order chi connectivity index (χ0) is 11.5. The van der Waals surface area contributed by atoms with E-state index in [0.717, 1.165) is 16.7 Å². The van der Waals surface area contributed by atoms with Crippen LogP contribution in [-0.4, -0.2) is 0 Å². The lowest BCUT2D eigenvalue weighted by Crippen LogP contribution is -1.95. The van der Waals surface area contributed by atoms with Crippen molar-refractivity contribution in [2.24, 2.45) is 5.73 Å². The van der Waals surface area contributed by atoms with Crippen molar-refractivity contribution < 1.29 is 0 Å². The SMILES string of the molecule is Cl.NCc1ccc(-c2ccc(Cl)cc2N)cc1. The summed E-state index contributed by atoms with van der Waals surface area (Å²) in [5.74, 6) is 0. The van der Waals surface area contributed by atoms with E-state index in [9.17, 15) is 0 Å². The molecule has 90 valence electrons. The summed E-state index contributed by atoms with van der Waals surface area (Å²) in [6.45, 7) is 0.552. The van der Waals surface area contributed by atoms with E-state index in [1.54, 1.807) is 6.07 Å². The van der Waals surface area contributed by atoms with E-state index in [4.69, 9.17) is 23.1 Å². The Morgan fingerprint density at radius 1 is 1.00 bits per heavy atom. The minimum absolute atomic E-state index is 0. The van der Waals surface area contributed by atoms with Gasteiger partial charge in [-0.3, -0.25) is 0 Å². The molecule has 2 aromatic carbocycles. The van der Waals surface area contributed by atoms with E-state index in [2.05, 4.69) is 0 Å². The lowest BCUT2D eigenvalue weighted by atomic mass is 10.0. The molecule has 4 N–H and O–H groups in total. The standard InChI is InChI=1S/C13H13ClN2.ClH/c14-11-5-6-12(13(16)7-11)10-3-1-9(8-15)2-4-10;/h1-7H,8,15-16H2;1H. The molecule has 0 heterocycles. The van der Waals surface area contributed by atoms with Crippen LogP contribution in [-0.2, 0) is 6.54 Å². The maximum absolute atomic E-state index is 5.91. The molecular formula is C13H14Cl2N2. The van der Waals surface area contributed by atoms with E-state index in [0.29, 0.717) is 17.3 Å². The van der Waals surface area contributed by atoms with E-state index >= 15 is 0 Å². The Labute approximate surface area is 112 Å². The summed E-state index contributed by atoms with van der Waals surface area (Å²) in [4.78, 5) is 0. The van der Waals surface area contributed by atoms with Gasteiger partial charge in [-0.1, -0.05) is 41.9 Å². The number of nitrogen functional groups attached to an aromatic ring is 1. The highest BCUT2D eigenvalue weighted by atomic mass is 35.5. The van der Waals surface area contributed by atoms with Gasteiger partial charge in [-0.25, -0.2) is 0 Å². The molecule has 0 amide bonds. The summed E-state index contributed by atoms with van der Waals surface area (Å²) in [5.41, 5.74) is 15.3. The lowest BCUT2D eigenvalue weighted by Gasteiger charge is -2.07. The summed E-state index contributed by atoms with van der Waals surface area (Å²) >= 11 is 5.86. The van der Waals surface area contributed by atoms with Gasteiger partial charge in [-0.2, -0.15) is 0 Å². The number of nitrogens with two attached hydrogens (primary N) is 2. The van der Waals surface area contributed by atoms with Gasteiger partial charge in [0.15, 0.2) is 0 Å². The molecule has 2 rings (SSSR count). The van der Waals surface area contributed by atoms with Crippen LogP contribution >= 0.6 is 24.0 Å². The normalized spacial score (nSPS) is 9.76. The Bertz CT molecular complexity index is 495. The van der Waals surface area contributed by atoms with Crippen LogP contribution in [0.4, 0.5) is 5.69 Å². The van der Waals surface area contributed by atoms with Gasteiger partial charge in [0.1, 0.15) is 0 Å². The third kappa shape index (κ3) is 3.13. The zero-order valence-corrected chi connectivity index (χ0v) is 10.8. The van der Waals surface area contributed by atoms with Gasteiger partial charge in [0.05, 0.1) is 0 Å². The Balaban J connectivity index is 0.00000144. The van der Waals surface area contributed by atoms with E-state index in [1.807, 2.05) is 36.4 Å². The van der Waals surface area contributed by atoms with Crippen LogP contribution < -0.4 is 11.5 Å². The highest BCUT2D eigenvalue weighted by Gasteiger charge is 2.02. The summed E-state index contributed by atoms with van der Waals surface area (Å²) in [6, 6.07) is 13.6. The molecule has 0 spiro atoms. The number of hydrogen-bond acceptors (Lipinski definition) is 2. The fraction of sp³-hybridized carbons (Fsp3) is 0.0769. The number of halogens is 2. The predicted molar refractivity (Wildman–Crippen MR) is 76.4 cm³/mol. The Morgan fingerprint density at radius 3 is 2.18 bits per heavy atom. The second-order valence-electron chi connectivity index (χ2n) is 3.63. The third-order valence-corrected chi connectivity index (χ3v) is 2.75. The highest BCUT2D eigenvalue weighted by Crippen LogP contribution is 2.28. The summed E-state index contributed by atoms with van der Waals surface area (Å²) in [7, 11) is 0. The van der Waals surface area contributed by atoms with Crippen molar-refractivity contribution in [2.45, 2.75) is 6.54 Å². The molecule has 0 aliphatic rings. The van der Waals surface area contributed by atoms with Crippen molar-refractivity contribution in [2.75, 3.05) is 5.73 Å². The Hall–Kier alpha value is -1.22. The number of anilines is 1. The van der Waals surface area contributed by atoms with Gasteiger partial charge in [-0.15, -0.1) is 12.4 Å². The zero-order valence-electron chi connectivity index (χ0n) is 9.19. The van der Waals surface area contributed by atoms with Gasteiger partial charge < -0.3 is 11.5 Å². The monoisotopic (exact) mass is 268 g/mol.